The fraction of sp³-hybridized carbons (Fsp3) is 0.837. The molecule has 0 heterocycles. The molecule has 0 spiro atoms. The minimum absolute atomic E-state index is 0.124. The van der Waals surface area contributed by atoms with E-state index < -0.39 is 0 Å². The van der Waals surface area contributed by atoms with E-state index in [2.05, 4.69) is 24.1 Å². The molecule has 0 radical (unpaired) electrons. The summed E-state index contributed by atoms with van der Waals surface area (Å²) >= 11 is 0. The number of anilines is 1. The van der Waals surface area contributed by atoms with Crippen LogP contribution in [0, 0.1) is 0 Å². The third-order valence-electron chi connectivity index (χ3n) is 11.4. The second-order valence-corrected chi connectivity index (χ2v) is 16.7. The Morgan fingerprint density at radius 3 is 1.33 bits per heavy atom. The van der Waals surface area contributed by atoms with Crippen LogP contribution in [0.2, 0.25) is 0 Å². The van der Waals surface area contributed by atoms with E-state index in [1.165, 1.54) is 187 Å². The molecule has 0 bridgehead atoms. The van der Waals surface area contributed by atoms with Gasteiger partial charge < -0.3 is 15.2 Å². The van der Waals surface area contributed by atoms with Crippen molar-refractivity contribution >= 4 is 17.6 Å². The highest BCUT2D eigenvalue weighted by molar-refractivity contribution is 5.88. The molecule has 0 saturated heterocycles. The number of hydrogen-bond donors (Lipinski definition) is 2. The average Bonchev–Trinajstić information content (AvgIpc) is 3.17. The van der Waals surface area contributed by atoms with Gasteiger partial charge in [-0.1, -0.05) is 200 Å². The molecule has 55 heavy (non-hydrogen) atoms. The molecular weight excluding hydrogens is 681 g/mol. The van der Waals surface area contributed by atoms with E-state index in [4.69, 9.17) is 4.74 Å². The number of aliphatic hydroxyl groups excluding tert-OH is 1. The van der Waals surface area contributed by atoms with Crippen molar-refractivity contribution in [2.24, 2.45) is 0 Å². The van der Waals surface area contributed by atoms with Gasteiger partial charge in [-0.25, -0.2) is 0 Å². The molecule has 6 heteroatoms. The minimum Gasteiger partial charge on any atom is -0.427 e. The van der Waals surface area contributed by atoms with Crippen LogP contribution in [-0.4, -0.2) is 47.6 Å². The molecule has 0 fully saturated rings. The molecule has 2 N–H and O–H groups in total. The predicted molar refractivity (Wildman–Crippen MR) is 237 cm³/mol. The maximum absolute atomic E-state index is 12.3. The standard InChI is InChI=1S/C49H90N2O4/c1-4-6-8-10-12-14-16-18-20-22-24-27-31-35-47(36-32-28-25-23-21-19-17-15-13-11-9-7-5-2)51(43-44-52)42-34-30-26-29-33-37-49(54)55-48-40-38-46(39-41-48)50-45(3)53/h38-41,47,52H,4-37,42-44H2,1-3H3,(H,50,53). The first-order valence-electron chi connectivity index (χ1n) is 23.9. The summed E-state index contributed by atoms with van der Waals surface area (Å²) in [5.74, 6) is 0.182. The summed E-state index contributed by atoms with van der Waals surface area (Å²) in [7, 11) is 0. The Morgan fingerprint density at radius 2 is 0.927 bits per heavy atom. The second kappa shape index (κ2) is 38.9. The van der Waals surface area contributed by atoms with E-state index in [1.54, 1.807) is 24.3 Å². The van der Waals surface area contributed by atoms with Gasteiger partial charge in [0.05, 0.1) is 6.61 Å². The van der Waals surface area contributed by atoms with Crippen molar-refractivity contribution in [1.82, 2.24) is 4.90 Å². The summed E-state index contributed by atoms with van der Waals surface area (Å²) < 4.78 is 5.48. The van der Waals surface area contributed by atoms with Crippen LogP contribution in [0.1, 0.15) is 239 Å². The number of rotatable bonds is 41. The van der Waals surface area contributed by atoms with E-state index >= 15 is 0 Å². The summed E-state index contributed by atoms with van der Waals surface area (Å²) in [6.45, 7) is 8.16. The van der Waals surface area contributed by atoms with Gasteiger partial charge in [-0.2, -0.15) is 0 Å². The van der Waals surface area contributed by atoms with Gasteiger partial charge in [0, 0.05) is 31.6 Å². The van der Waals surface area contributed by atoms with Crippen LogP contribution in [0.4, 0.5) is 5.69 Å². The fourth-order valence-electron chi connectivity index (χ4n) is 8.02. The SMILES string of the molecule is CCCCCCCCCCCCCCCC(CCCCCCCCCCCCCCC)N(CCO)CCCCCCCC(=O)Oc1ccc(NC(C)=O)cc1. The van der Waals surface area contributed by atoms with Crippen LogP contribution in [0.5, 0.6) is 5.75 Å². The molecule has 1 aromatic rings. The molecule has 0 saturated carbocycles. The number of nitrogens with one attached hydrogen (secondary N) is 1. The molecule has 0 unspecified atom stereocenters. The van der Waals surface area contributed by atoms with E-state index in [-0.39, 0.29) is 18.5 Å². The van der Waals surface area contributed by atoms with Gasteiger partial charge in [0.2, 0.25) is 5.91 Å². The maximum atomic E-state index is 12.3. The van der Waals surface area contributed by atoms with Gasteiger partial charge in [0.1, 0.15) is 5.75 Å². The van der Waals surface area contributed by atoms with Gasteiger partial charge in [-0.05, 0) is 56.5 Å². The third kappa shape index (κ3) is 32.8. The summed E-state index contributed by atoms with van der Waals surface area (Å²) in [5.41, 5.74) is 0.690. The quantitative estimate of drug-likeness (QED) is 0.0394. The van der Waals surface area contributed by atoms with Crippen molar-refractivity contribution < 1.29 is 19.4 Å². The number of nitrogens with zero attached hydrogens (tertiary/aromatic N) is 1. The lowest BCUT2D eigenvalue weighted by molar-refractivity contribution is -0.134. The summed E-state index contributed by atoms with van der Waals surface area (Å²) in [6, 6.07) is 7.51. The number of carbonyl (C=O) groups is 2. The summed E-state index contributed by atoms with van der Waals surface area (Å²) in [6.07, 6.45) is 44.5. The monoisotopic (exact) mass is 771 g/mol. The van der Waals surface area contributed by atoms with Crippen molar-refractivity contribution in [2.75, 3.05) is 25.0 Å². The number of unbranched alkanes of at least 4 members (excludes halogenated alkanes) is 28. The first-order valence-corrected chi connectivity index (χ1v) is 23.9. The highest BCUT2D eigenvalue weighted by Crippen LogP contribution is 2.22. The average molecular weight is 771 g/mol. The van der Waals surface area contributed by atoms with Crippen molar-refractivity contribution in [3.63, 3.8) is 0 Å². The molecule has 1 aromatic carbocycles. The van der Waals surface area contributed by atoms with Crippen LogP contribution in [0.15, 0.2) is 24.3 Å². The Hall–Kier alpha value is -1.92. The van der Waals surface area contributed by atoms with E-state index in [9.17, 15) is 14.7 Å². The first-order chi connectivity index (χ1) is 27.0. The number of benzene rings is 1. The normalized spacial score (nSPS) is 11.5. The van der Waals surface area contributed by atoms with Crippen molar-refractivity contribution in [2.45, 2.75) is 245 Å². The summed E-state index contributed by atoms with van der Waals surface area (Å²) in [4.78, 5) is 26.2. The minimum atomic E-state index is -0.203. The molecular formula is C49H90N2O4. The van der Waals surface area contributed by atoms with Gasteiger partial charge >= 0.3 is 5.97 Å². The van der Waals surface area contributed by atoms with Gasteiger partial charge in [-0.15, -0.1) is 0 Å². The van der Waals surface area contributed by atoms with Crippen LogP contribution in [0.25, 0.3) is 0 Å². The van der Waals surface area contributed by atoms with Gasteiger partial charge in [-0.3, -0.25) is 14.5 Å². The molecule has 1 amide bonds. The van der Waals surface area contributed by atoms with E-state index in [0.717, 1.165) is 45.2 Å². The molecule has 0 aromatic heterocycles. The Balaban J connectivity index is 2.36. The smallest absolute Gasteiger partial charge is 0.311 e. The molecule has 0 aliphatic heterocycles. The molecule has 320 valence electrons. The Bertz CT molecular complexity index is 954. The highest BCUT2D eigenvalue weighted by atomic mass is 16.5. The van der Waals surface area contributed by atoms with Crippen LogP contribution in [0.3, 0.4) is 0 Å². The topological polar surface area (TPSA) is 78.9 Å². The van der Waals surface area contributed by atoms with E-state index in [0.29, 0.717) is 23.9 Å². The van der Waals surface area contributed by atoms with Crippen molar-refractivity contribution in [3.05, 3.63) is 24.3 Å². The Kier molecular flexibility index (Phi) is 36.2. The molecule has 1 rings (SSSR count). The van der Waals surface area contributed by atoms with E-state index in [1.807, 2.05) is 0 Å². The number of carbonyl (C=O) groups excluding carboxylic acids is 2. The largest absolute Gasteiger partial charge is 0.427 e. The predicted octanol–water partition coefficient (Wildman–Crippen LogP) is 14.5. The maximum Gasteiger partial charge on any atom is 0.311 e. The highest BCUT2D eigenvalue weighted by Gasteiger charge is 2.17. The fourth-order valence-corrected chi connectivity index (χ4v) is 8.02. The Labute approximate surface area is 341 Å². The molecule has 0 aliphatic rings. The van der Waals surface area contributed by atoms with Crippen LogP contribution >= 0.6 is 0 Å². The number of hydrogen-bond acceptors (Lipinski definition) is 5. The van der Waals surface area contributed by atoms with Crippen LogP contribution < -0.4 is 10.1 Å². The first kappa shape index (κ1) is 51.1. The third-order valence-corrected chi connectivity index (χ3v) is 11.4. The lowest BCUT2D eigenvalue weighted by Gasteiger charge is -2.32. The zero-order valence-corrected chi connectivity index (χ0v) is 36.7. The molecule has 0 aliphatic carbocycles. The molecule has 0 atom stereocenters. The number of amides is 1. The molecule has 6 nitrogen and oxygen atoms in total. The number of esters is 1. The second-order valence-electron chi connectivity index (χ2n) is 16.7. The van der Waals surface area contributed by atoms with Crippen molar-refractivity contribution in [3.8, 4) is 5.75 Å². The van der Waals surface area contributed by atoms with Crippen molar-refractivity contribution in [1.29, 1.82) is 0 Å². The number of aliphatic hydroxyl groups is 1. The van der Waals surface area contributed by atoms with Gasteiger partial charge in [0.15, 0.2) is 0 Å². The van der Waals surface area contributed by atoms with Crippen LogP contribution in [-0.2, 0) is 9.59 Å². The van der Waals surface area contributed by atoms with Gasteiger partial charge in [0.25, 0.3) is 0 Å². The number of ether oxygens (including phenoxy) is 1. The zero-order chi connectivity index (χ0) is 39.9. The lowest BCUT2D eigenvalue weighted by Crippen LogP contribution is -2.38. The lowest BCUT2D eigenvalue weighted by atomic mass is 9.97. The zero-order valence-electron chi connectivity index (χ0n) is 36.7. The summed E-state index contributed by atoms with van der Waals surface area (Å²) in [5, 5.41) is 12.8. The Morgan fingerprint density at radius 1 is 0.545 bits per heavy atom.